The molecule has 3 rings (SSSR count). The van der Waals surface area contributed by atoms with Crippen LogP contribution in [-0.2, 0) is 0 Å². The molecule has 0 fully saturated rings. The van der Waals surface area contributed by atoms with Crippen LogP contribution in [0.25, 0.3) is 11.1 Å². The van der Waals surface area contributed by atoms with E-state index in [4.69, 9.17) is 0 Å². The molecule has 0 radical (unpaired) electrons. The summed E-state index contributed by atoms with van der Waals surface area (Å²) in [6.45, 7) is 0. The van der Waals surface area contributed by atoms with Crippen LogP contribution < -0.4 is 20.0 Å². The molecule has 1 aliphatic rings. The lowest BCUT2D eigenvalue weighted by molar-refractivity contribution is -0.316. The molecule has 0 aliphatic heterocycles. The molecular formula is C20H20N2O4-2. The van der Waals surface area contributed by atoms with Gasteiger partial charge in [0, 0.05) is 62.8 Å². The zero-order valence-corrected chi connectivity index (χ0v) is 15.1. The van der Waals surface area contributed by atoms with Gasteiger partial charge in [-0.25, -0.2) is 0 Å². The molecule has 2 N–H and O–H groups in total. The summed E-state index contributed by atoms with van der Waals surface area (Å²) in [5.41, 5.74) is 1.81. The van der Waals surface area contributed by atoms with E-state index in [9.17, 15) is 20.4 Å². The first-order valence-electron chi connectivity index (χ1n) is 8.07. The Hall–Kier alpha value is -3.28. The molecule has 136 valence electrons. The van der Waals surface area contributed by atoms with Gasteiger partial charge >= 0.3 is 0 Å². The molecule has 0 saturated heterocycles. The first kappa shape index (κ1) is 17.5. The van der Waals surface area contributed by atoms with Crippen molar-refractivity contribution in [3.63, 3.8) is 0 Å². The topological polar surface area (TPSA) is 93.1 Å². The Morgan fingerprint density at radius 3 is 1.27 bits per heavy atom. The van der Waals surface area contributed by atoms with Crippen LogP contribution in [0, 0.1) is 0 Å². The number of hydrogen-bond acceptors (Lipinski definition) is 6. The van der Waals surface area contributed by atoms with Crippen molar-refractivity contribution >= 4 is 22.5 Å². The lowest BCUT2D eigenvalue weighted by atomic mass is 9.83. The molecule has 26 heavy (non-hydrogen) atoms. The van der Waals surface area contributed by atoms with Crippen LogP contribution >= 0.6 is 0 Å². The third-order valence-electron chi connectivity index (χ3n) is 4.44. The second kappa shape index (κ2) is 6.22. The van der Waals surface area contributed by atoms with Gasteiger partial charge in [-0.15, -0.1) is 0 Å². The lowest BCUT2D eigenvalue weighted by Gasteiger charge is -2.40. The Kier molecular flexibility index (Phi) is 4.20. The van der Waals surface area contributed by atoms with Crippen molar-refractivity contribution in [2.45, 2.75) is 0 Å². The third-order valence-corrected chi connectivity index (χ3v) is 4.44. The summed E-state index contributed by atoms with van der Waals surface area (Å²) in [5, 5.41) is 45.6. The first-order chi connectivity index (χ1) is 12.2. The minimum absolute atomic E-state index is 0.0566. The molecule has 0 heterocycles. The Morgan fingerprint density at radius 1 is 0.654 bits per heavy atom. The van der Waals surface area contributed by atoms with Crippen molar-refractivity contribution < 1.29 is 20.4 Å². The number of phenols is 2. The van der Waals surface area contributed by atoms with Crippen molar-refractivity contribution in [2.75, 3.05) is 38.0 Å². The average molecular weight is 352 g/mol. The van der Waals surface area contributed by atoms with E-state index in [0.29, 0.717) is 0 Å². The largest absolute Gasteiger partial charge is 0.872 e. The van der Waals surface area contributed by atoms with Crippen molar-refractivity contribution in [3.05, 3.63) is 59.0 Å². The molecule has 0 saturated carbocycles. The van der Waals surface area contributed by atoms with Crippen LogP contribution in [0.3, 0.4) is 0 Å². The molecule has 0 spiro atoms. The SMILES string of the molecule is CN(C)c1ccc(C2=C([O-])C(c3ccc(N(C)C)cc3O)=C2[O-])c(O)c1. The Balaban J connectivity index is 1.99. The third kappa shape index (κ3) is 2.69. The van der Waals surface area contributed by atoms with E-state index in [1.165, 1.54) is 12.1 Å². The number of allylic oxidation sites excluding steroid dienone is 2. The van der Waals surface area contributed by atoms with Gasteiger partial charge in [0.1, 0.15) is 11.5 Å². The fraction of sp³-hybridized carbons (Fsp3) is 0.200. The fourth-order valence-corrected chi connectivity index (χ4v) is 2.90. The van der Waals surface area contributed by atoms with E-state index < -0.39 is 11.5 Å². The molecular weight excluding hydrogens is 332 g/mol. The van der Waals surface area contributed by atoms with E-state index in [1.807, 2.05) is 28.2 Å². The minimum Gasteiger partial charge on any atom is -0.872 e. The highest BCUT2D eigenvalue weighted by Crippen LogP contribution is 2.47. The second-order valence-electron chi connectivity index (χ2n) is 6.60. The van der Waals surface area contributed by atoms with Crippen LogP contribution in [0.15, 0.2) is 47.9 Å². The highest BCUT2D eigenvalue weighted by atomic mass is 16.3. The zero-order valence-electron chi connectivity index (χ0n) is 15.1. The normalized spacial score (nSPS) is 13.7. The Bertz CT molecular complexity index is 854. The van der Waals surface area contributed by atoms with Gasteiger partial charge in [0.25, 0.3) is 0 Å². The van der Waals surface area contributed by atoms with Crippen LogP contribution in [0.1, 0.15) is 11.1 Å². The van der Waals surface area contributed by atoms with Crippen LogP contribution in [0.4, 0.5) is 11.4 Å². The monoisotopic (exact) mass is 352 g/mol. The molecule has 1 aliphatic carbocycles. The maximum atomic E-state index is 12.6. The molecule has 0 bridgehead atoms. The van der Waals surface area contributed by atoms with E-state index in [-0.39, 0.29) is 33.8 Å². The van der Waals surface area contributed by atoms with Crippen molar-refractivity contribution in [2.24, 2.45) is 0 Å². The van der Waals surface area contributed by atoms with E-state index in [2.05, 4.69) is 0 Å². The quantitative estimate of drug-likeness (QED) is 0.856. The molecule has 0 amide bonds. The van der Waals surface area contributed by atoms with Gasteiger partial charge in [-0.2, -0.15) is 0 Å². The molecule has 2 aromatic carbocycles. The standard InChI is InChI=1S/C20H22N2O4/c1-21(2)11-5-7-13(15(23)9-11)17-19(25)18(20(17)26)14-8-6-12(22(3)4)10-16(14)24/h5-10,23-26H,1-4H3/p-2. The molecule has 0 unspecified atom stereocenters. The summed E-state index contributed by atoms with van der Waals surface area (Å²) < 4.78 is 0. The van der Waals surface area contributed by atoms with Gasteiger partial charge in [0.15, 0.2) is 0 Å². The maximum absolute atomic E-state index is 12.6. The van der Waals surface area contributed by atoms with Crippen LogP contribution in [0.5, 0.6) is 11.5 Å². The summed E-state index contributed by atoms with van der Waals surface area (Å²) in [6.07, 6.45) is 0. The number of rotatable bonds is 4. The summed E-state index contributed by atoms with van der Waals surface area (Å²) in [6, 6.07) is 9.57. The highest BCUT2D eigenvalue weighted by Gasteiger charge is 2.23. The van der Waals surface area contributed by atoms with Gasteiger partial charge < -0.3 is 30.2 Å². The van der Waals surface area contributed by atoms with Crippen molar-refractivity contribution in [3.8, 4) is 11.5 Å². The van der Waals surface area contributed by atoms with Gasteiger partial charge in [-0.3, -0.25) is 0 Å². The number of aromatic hydroxyl groups is 2. The highest BCUT2D eigenvalue weighted by molar-refractivity contribution is 6.07. The molecule has 2 aromatic rings. The summed E-state index contributed by atoms with van der Waals surface area (Å²) >= 11 is 0. The maximum Gasteiger partial charge on any atom is 0.125 e. The smallest absolute Gasteiger partial charge is 0.125 e. The van der Waals surface area contributed by atoms with Gasteiger partial charge in [-0.05, 0) is 35.4 Å². The zero-order chi connectivity index (χ0) is 19.2. The molecule has 0 aromatic heterocycles. The first-order valence-corrected chi connectivity index (χ1v) is 8.07. The Labute approximate surface area is 152 Å². The predicted octanol–water partition coefficient (Wildman–Crippen LogP) is 1.09. The number of hydrogen-bond donors (Lipinski definition) is 2. The van der Waals surface area contributed by atoms with Crippen molar-refractivity contribution in [1.29, 1.82) is 0 Å². The van der Waals surface area contributed by atoms with E-state index in [1.54, 1.807) is 34.1 Å². The van der Waals surface area contributed by atoms with Gasteiger partial charge in [0.05, 0.1) is 0 Å². The number of benzene rings is 2. The van der Waals surface area contributed by atoms with Crippen molar-refractivity contribution in [1.82, 2.24) is 0 Å². The van der Waals surface area contributed by atoms with Gasteiger partial charge in [-0.1, -0.05) is 11.5 Å². The van der Waals surface area contributed by atoms with E-state index in [0.717, 1.165) is 11.4 Å². The number of nitrogens with zero attached hydrogens (tertiary/aromatic N) is 2. The number of anilines is 2. The minimum atomic E-state index is -0.476. The number of phenolic OH excluding ortho intramolecular Hbond substituents is 2. The molecule has 6 nitrogen and oxygen atoms in total. The summed E-state index contributed by atoms with van der Waals surface area (Å²) in [5.74, 6) is -1.20. The molecule has 6 heteroatoms. The Morgan fingerprint density at radius 2 is 1.00 bits per heavy atom. The predicted molar refractivity (Wildman–Crippen MR) is 98.7 cm³/mol. The van der Waals surface area contributed by atoms with E-state index >= 15 is 0 Å². The second-order valence-corrected chi connectivity index (χ2v) is 6.60. The fourth-order valence-electron chi connectivity index (χ4n) is 2.90. The lowest BCUT2D eigenvalue weighted by Crippen LogP contribution is -2.27. The van der Waals surface area contributed by atoms with Crippen LogP contribution in [-0.4, -0.2) is 38.4 Å². The summed E-state index contributed by atoms with van der Waals surface area (Å²) in [7, 11) is 7.31. The average Bonchev–Trinajstić information content (AvgIpc) is 2.58. The molecule has 0 atom stereocenters. The summed E-state index contributed by atoms with van der Waals surface area (Å²) in [4.78, 5) is 3.61. The van der Waals surface area contributed by atoms with Gasteiger partial charge in [0.2, 0.25) is 0 Å². The van der Waals surface area contributed by atoms with Crippen LogP contribution in [0.2, 0.25) is 0 Å².